The Morgan fingerprint density at radius 1 is 1.23 bits per heavy atom. The topological polar surface area (TPSA) is 26.0 Å². The SMILES string of the molecule is CC.CCc1ccc(C)c(CN)c1. The summed E-state index contributed by atoms with van der Waals surface area (Å²) in [6.07, 6.45) is 1.09. The molecule has 0 atom stereocenters. The van der Waals surface area contributed by atoms with Crippen molar-refractivity contribution >= 4 is 0 Å². The summed E-state index contributed by atoms with van der Waals surface area (Å²) < 4.78 is 0. The van der Waals surface area contributed by atoms with Gasteiger partial charge >= 0.3 is 0 Å². The fraction of sp³-hybridized carbons (Fsp3) is 0.500. The highest BCUT2D eigenvalue weighted by Crippen LogP contribution is 2.10. The van der Waals surface area contributed by atoms with Crippen molar-refractivity contribution in [3.8, 4) is 0 Å². The third kappa shape index (κ3) is 3.60. The summed E-state index contributed by atoms with van der Waals surface area (Å²) in [5.41, 5.74) is 9.51. The largest absolute Gasteiger partial charge is 0.326 e. The first-order valence-corrected chi connectivity index (χ1v) is 5.06. The Bertz CT molecular complexity index is 241. The number of hydrogen-bond acceptors (Lipinski definition) is 1. The second kappa shape index (κ2) is 6.67. The van der Waals surface area contributed by atoms with Gasteiger partial charge in [-0.15, -0.1) is 0 Å². The van der Waals surface area contributed by atoms with Gasteiger partial charge in [-0.1, -0.05) is 39.0 Å². The van der Waals surface area contributed by atoms with Crippen molar-refractivity contribution < 1.29 is 0 Å². The van der Waals surface area contributed by atoms with E-state index in [4.69, 9.17) is 5.73 Å². The van der Waals surface area contributed by atoms with E-state index in [0.717, 1.165) is 6.42 Å². The molecule has 0 unspecified atom stereocenters. The van der Waals surface area contributed by atoms with E-state index in [-0.39, 0.29) is 0 Å². The number of aryl methyl sites for hydroxylation is 2. The molecule has 0 aliphatic rings. The van der Waals surface area contributed by atoms with E-state index in [0.29, 0.717) is 6.54 Å². The molecular weight excluding hydrogens is 158 g/mol. The average molecular weight is 179 g/mol. The fourth-order valence-electron chi connectivity index (χ4n) is 1.16. The van der Waals surface area contributed by atoms with Gasteiger partial charge in [0, 0.05) is 6.54 Å². The smallest absolute Gasteiger partial charge is 0.0180 e. The lowest BCUT2D eigenvalue weighted by molar-refractivity contribution is 1.03. The van der Waals surface area contributed by atoms with Crippen molar-refractivity contribution in [2.45, 2.75) is 40.7 Å². The van der Waals surface area contributed by atoms with Crippen molar-refractivity contribution in [1.29, 1.82) is 0 Å². The molecule has 0 aliphatic carbocycles. The second-order valence-corrected chi connectivity index (χ2v) is 2.82. The molecule has 0 bridgehead atoms. The molecule has 0 aliphatic heterocycles. The quantitative estimate of drug-likeness (QED) is 0.742. The zero-order valence-corrected chi connectivity index (χ0v) is 9.22. The fourth-order valence-corrected chi connectivity index (χ4v) is 1.16. The van der Waals surface area contributed by atoms with Crippen molar-refractivity contribution in [1.82, 2.24) is 0 Å². The Labute approximate surface area is 82.0 Å². The van der Waals surface area contributed by atoms with Gasteiger partial charge in [0.2, 0.25) is 0 Å². The molecule has 74 valence electrons. The summed E-state index contributed by atoms with van der Waals surface area (Å²) in [5, 5.41) is 0. The van der Waals surface area contributed by atoms with Gasteiger partial charge in [-0.25, -0.2) is 0 Å². The molecule has 0 fully saturated rings. The van der Waals surface area contributed by atoms with E-state index in [9.17, 15) is 0 Å². The zero-order valence-electron chi connectivity index (χ0n) is 9.22. The van der Waals surface area contributed by atoms with Crippen LogP contribution in [0.4, 0.5) is 0 Å². The third-order valence-electron chi connectivity index (χ3n) is 2.04. The van der Waals surface area contributed by atoms with E-state index in [1.54, 1.807) is 0 Å². The second-order valence-electron chi connectivity index (χ2n) is 2.82. The van der Waals surface area contributed by atoms with Gasteiger partial charge in [0.15, 0.2) is 0 Å². The van der Waals surface area contributed by atoms with Gasteiger partial charge in [0.05, 0.1) is 0 Å². The standard InChI is InChI=1S/C10H15N.C2H6/c1-3-9-5-4-8(2)10(6-9)7-11;1-2/h4-6H,3,7,11H2,1-2H3;1-2H3. The van der Waals surface area contributed by atoms with Gasteiger partial charge in [-0.05, 0) is 30.0 Å². The van der Waals surface area contributed by atoms with Crippen molar-refractivity contribution in [3.63, 3.8) is 0 Å². The lowest BCUT2D eigenvalue weighted by Crippen LogP contribution is -1.99. The van der Waals surface area contributed by atoms with E-state index in [2.05, 4.69) is 32.0 Å². The molecule has 0 radical (unpaired) electrons. The predicted molar refractivity (Wildman–Crippen MR) is 59.8 cm³/mol. The highest BCUT2D eigenvalue weighted by Gasteiger charge is 1.95. The molecule has 0 aromatic heterocycles. The first kappa shape index (κ1) is 12.2. The van der Waals surface area contributed by atoms with Crippen LogP contribution in [0.3, 0.4) is 0 Å². The molecule has 1 aromatic carbocycles. The summed E-state index contributed by atoms with van der Waals surface area (Å²) in [5.74, 6) is 0. The lowest BCUT2D eigenvalue weighted by atomic mass is 10.0. The molecule has 1 rings (SSSR count). The molecule has 1 heteroatoms. The summed E-state index contributed by atoms with van der Waals surface area (Å²) in [6.45, 7) is 8.91. The van der Waals surface area contributed by atoms with Crippen LogP contribution in [0.1, 0.15) is 37.5 Å². The maximum absolute atomic E-state index is 5.57. The Hall–Kier alpha value is -0.820. The number of hydrogen-bond donors (Lipinski definition) is 1. The maximum atomic E-state index is 5.57. The van der Waals surface area contributed by atoms with E-state index < -0.39 is 0 Å². The van der Waals surface area contributed by atoms with Crippen LogP contribution < -0.4 is 5.73 Å². The average Bonchev–Trinajstić information content (AvgIpc) is 2.22. The van der Waals surface area contributed by atoms with Crippen molar-refractivity contribution in [2.24, 2.45) is 5.73 Å². The normalized spacial score (nSPS) is 9.00. The minimum atomic E-state index is 0.652. The first-order chi connectivity index (χ1) is 6.27. The van der Waals surface area contributed by atoms with Gasteiger partial charge in [0.25, 0.3) is 0 Å². The zero-order chi connectivity index (χ0) is 10.3. The first-order valence-electron chi connectivity index (χ1n) is 5.06. The van der Waals surface area contributed by atoms with Crippen LogP contribution in [-0.2, 0) is 13.0 Å². The van der Waals surface area contributed by atoms with E-state index >= 15 is 0 Å². The maximum Gasteiger partial charge on any atom is 0.0180 e. The van der Waals surface area contributed by atoms with Gasteiger partial charge < -0.3 is 5.73 Å². The third-order valence-corrected chi connectivity index (χ3v) is 2.04. The van der Waals surface area contributed by atoms with Crippen LogP contribution in [-0.4, -0.2) is 0 Å². The van der Waals surface area contributed by atoms with Crippen molar-refractivity contribution in [2.75, 3.05) is 0 Å². The van der Waals surface area contributed by atoms with Gasteiger partial charge in [-0.2, -0.15) is 0 Å². The van der Waals surface area contributed by atoms with Crippen LogP contribution >= 0.6 is 0 Å². The van der Waals surface area contributed by atoms with Crippen LogP contribution in [0.25, 0.3) is 0 Å². The summed E-state index contributed by atoms with van der Waals surface area (Å²) >= 11 is 0. The van der Waals surface area contributed by atoms with Gasteiger partial charge in [-0.3, -0.25) is 0 Å². The van der Waals surface area contributed by atoms with Gasteiger partial charge in [0.1, 0.15) is 0 Å². The monoisotopic (exact) mass is 179 g/mol. The van der Waals surface area contributed by atoms with E-state index in [1.807, 2.05) is 13.8 Å². The van der Waals surface area contributed by atoms with Crippen LogP contribution in [0, 0.1) is 6.92 Å². The Morgan fingerprint density at radius 3 is 2.31 bits per heavy atom. The Kier molecular flexibility index (Phi) is 6.25. The van der Waals surface area contributed by atoms with E-state index in [1.165, 1.54) is 16.7 Å². The Balaban J connectivity index is 0.000000671. The highest BCUT2D eigenvalue weighted by atomic mass is 14.5. The molecule has 0 saturated heterocycles. The molecule has 2 N–H and O–H groups in total. The van der Waals surface area contributed by atoms with Crippen molar-refractivity contribution in [3.05, 3.63) is 34.9 Å². The van der Waals surface area contributed by atoms with Crippen LogP contribution in [0.5, 0.6) is 0 Å². The Morgan fingerprint density at radius 2 is 1.85 bits per heavy atom. The number of benzene rings is 1. The van der Waals surface area contributed by atoms with Crippen LogP contribution in [0.15, 0.2) is 18.2 Å². The molecule has 0 amide bonds. The minimum Gasteiger partial charge on any atom is -0.326 e. The lowest BCUT2D eigenvalue weighted by Gasteiger charge is -2.04. The number of rotatable bonds is 2. The molecule has 13 heavy (non-hydrogen) atoms. The summed E-state index contributed by atoms with van der Waals surface area (Å²) in [7, 11) is 0. The molecule has 0 saturated carbocycles. The predicted octanol–water partition coefficient (Wildman–Crippen LogP) is 3.04. The molecule has 0 heterocycles. The molecule has 1 aromatic rings. The summed E-state index contributed by atoms with van der Waals surface area (Å²) in [6, 6.07) is 6.49. The minimum absolute atomic E-state index is 0.652. The number of nitrogens with two attached hydrogens (primary N) is 1. The molecular formula is C12H21N. The summed E-state index contributed by atoms with van der Waals surface area (Å²) in [4.78, 5) is 0. The molecule has 1 nitrogen and oxygen atoms in total. The van der Waals surface area contributed by atoms with Crippen LogP contribution in [0.2, 0.25) is 0 Å². The molecule has 0 spiro atoms. The highest BCUT2D eigenvalue weighted by molar-refractivity contribution is 5.30.